The molecule has 0 aliphatic carbocycles. The van der Waals surface area contributed by atoms with Gasteiger partial charge in [0.25, 0.3) is 17.3 Å². The second kappa shape index (κ2) is 11.9. The lowest BCUT2D eigenvalue weighted by Crippen LogP contribution is -2.34. The Morgan fingerprint density at radius 1 is 0.375 bits per heavy atom. The molecule has 0 N–H and O–H groups in total. The summed E-state index contributed by atoms with van der Waals surface area (Å²) in [4.78, 5) is 32.4. The van der Waals surface area contributed by atoms with Gasteiger partial charge in [0.15, 0.2) is 0 Å². The third-order valence-electron chi connectivity index (χ3n) is 3.13. The fourth-order valence-electron chi connectivity index (χ4n) is 1.53. The summed E-state index contributed by atoms with van der Waals surface area (Å²) in [6.45, 7) is -4.64. The Hall–Kier alpha value is -3.63. The smallest absolute Gasteiger partial charge is 0.418 e. The number of halogens is 18. The van der Waals surface area contributed by atoms with Crippen molar-refractivity contribution in [2.24, 2.45) is 0 Å². The van der Waals surface area contributed by atoms with Gasteiger partial charge in [0, 0.05) is 18.2 Å². The molecule has 0 saturated carbocycles. The minimum absolute atomic E-state index is 1.69. The topological polar surface area (TPSA) is 78.9 Å². The van der Waals surface area contributed by atoms with E-state index in [0.29, 0.717) is 0 Å². The van der Waals surface area contributed by atoms with Gasteiger partial charge in [-0.05, 0) is 0 Å². The van der Waals surface area contributed by atoms with Gasteiger partial charge in [-0.1, -0.05) is 0 Å². The molecule has 0 aromatic carbocycles. The largest absolute Gasteiger partial charge is 0.454 e. The molecule has 0 radical (unpaired) electrons. The van der Waals surface area contributed by atoms with Crippen LogP contribution in [0.5, 0.6) is 0 Å². The van der Waals surface area contributed by atoms with Crippen LogP contribution in [0.3, 0.4) is 0 Å². The first-order valence-electron chi connectivity index (χ1n) is 8.57. The fraction of sp³-hybridized carbons (Fsp3) is 0.438. The van der Waals surface area contributed by atoms with Crippen LogP contribution >= 0.6 is 0 Å². The van der Waals surface area contributed by atoms with Crippen molar-refractivity contribution in [3.05, 3.63) is 35.5 Å². The van der Waals surface area contributed by atoms with Crippen LogP contribution < -0.4 is 0 Å². The molecule has 0 aromatic rings. The first-order chi connectivity index (χ1) is 17.4. The molecule has 6 nitrogen and oxygen atoms in total. The highest BCUT2D eigenvalue weighted by Crippen LogP contribution is 2.36. The molecule has 40 heavy (non-hydrogen) atoms. The molecule has 0 amide bonds. The van der Waals surface area contributed by atoms with Crippen LogP contribution in [0.25, 0.3) is 0 Å². The van der Waals surface area contributed by atoms with Gasteiger partial charge >= 0.3 is 43.5 Å². The number of rotatable bonds is 9. The highest BCUT2D eigenvalue weighted by atomic mass is 19.4. The van der Waals surface area contributed by atoms with E-state index in [-0.39, 0.29) is 0 Å². The van der Waals surface area contributed by atoms with Gasteiger partial charge in [-0.3, -0.25) is 14.4 Å². The molecular formula is C16H4F18O6. The van der Waals surface area contributed by atoms with Gasteiger partial charge < -0.3 is 14.2 Å². The van der Waals surface area contributed by atoms with Gasteiger partial charge in [0.1, 0.15) is 0 Å². The number of ketones is 3. The fourth-order valence-corrected chi connectivity index (χ4v) is 1.53. The van der Waals surface area contributed by atoms with Crippen molar-refractivity contribution in [3.8, 4) is 0 Å². The molecule has 0 saturated heterocycles. The second-order valence-corrected chi connectivity index (χ2v) is 6.25. The highest BCUT2D eigenvalue weighted by molar-refractivity contribution is 5.95. The normalized spacial score (nSPS) is 15.2. The summed E-state index contributed by atoms with van der Waals surface area (Å²) in [5.74, 6) is -21.3. The predicted octanol–water partition coefficient (Wildman–Crippen LogP) is 6.05. The van der Waals surface area contributed by atoms with E-state index in [2.05, 4.69) is 14.2 Å². The summed E-state index contributed by atoms with van der Waals surface area (Å²) >= 11 is 0. The molecule has 0 unspecified atom stereocenters. The summed E-state index contributed by atoms with van der Waals surface area (Å²) < 4.78 is 237. The maximum absolute atomic E-state index is 13.0. The molecule has 0 heterocycles. The van der Waals surface area contributed by atoms with E-state index in [1.165, 1.54) is 0 Å². The number of alkyl halides is 18. The minimum atomic E-state index is -6.50. The van der Waals surface area contributed by atoms with E-state index in [1.54, 1.807) is 0 Å². The molecule has 0 fully saturated rings. The van der Waals surface area contributed by atoms with Gasteiger partial charge in [-0.25, -0.2) is 0 Å². The van der Waals surface area contributed by atoms with Crippen molar-refractivity contribution >= 4 is 17.3 Å². The van der Waals surface area contributed by atoms with E-state index in [1.807, 2.05) is 0 Å². The maximum Gasteiger partial charge on any atom is 0.454 e. The molecular weight excluding hydrogens is 630 g/mol. The summed E-state index contributed by atoms with van der Waals surface area (Å²) in [6, 6.07) is 0. The number of carbonyl (C=O) groups excluding carboxylic acids is 3. The number of ether oxygens (including phenoxy) is 3. The van der Waals surface area contributed by atoms with Gasteiger partial charge in [0.05, 0.1) is 0 Å². The van der Waals surface area contributed by atoms with E-state index in [4.69, 9.17) is 0 Å². The van der Waals surface area contributed by atoms with Crippen molar-refractivity contribution < 1.29 is 108 Å². The van der Waals surface area contributed by atoms with Crippen molar-refractivity contribution in [3.63, 3.8) is 0 Å². The molecule has 0 atom stereocenters. The predicted molar refractivity (Wildman–Crippen MR) is 82.6 cm³/mol. The third-order valence-corrected chi connectivity index (χ3v) is 3.13. The van der Waals surface area contributed by atoms with Gasteiger partial charge in [-0.2, -0.15) is 79.0 Å². The number of allylic oxidation sites excluding steroid dienone is 6. The Morgan fingerprint density at radius 3 is 0.675 bits per heavy atom. The standard InChI is InChI=1S/C16H4F18O6/c17-11(18,19)4(35)1-7(14(26,27)28)38-10(39-8(15(29,30)31)2-5(36)12(20,21)22)40-9(16(32,33)34)3-6(37)13(23,24)25/h1-3,10H/b7-1-,8-2-,9-3+. The Morgan fingerprint density at radius 2 is 0.550 bits per heavy atom. The van der Waals surface area contributed by atoms with Crippen LogP contribution in [-0.2, 0) is 28.6 Å². The maximum atomic E-state index is 13.0. The SMILES string of the molecule is O=C(/C=C(\OC(O/C(=C\C(=O)C(F)(F)F)C(F)(F)F)O/C(=C/C(=O)C(F)(F)F)C(F)(F)F)C(F)(F)F)C(F)(F)F. The van der Waals surface area contributed by atoms with Crippen LogP contribution in [0.1, 0.15) is 0 Å². The Bertz CT molecular complexity index is 912. The number of hydrogen-bond donors (Lipinski definition) is 0. The van der Waals surface area contributed by atoms with E-state index < -0.39 is 96.4 Å². The molecule has 0 aliphatic rings. The third kappa shape index (κ3) is 12.0. The monoisotopic (exact) mass is 634 g/mol. The van der Waals surface area contributed by atoms with E-state index in [9.17, 15) is 93.4 Å². The van der Waals surface area contributed by atoms with Crippen LogP contribution in [0.15, 0.2) is 35.5 Å². The van der Waals surface area contributed by atoms with Crippen LogP contribution in [0.4, 0.5) is 79.0 Å². The first kappa shape index (κ1) is 36.4. The molecule has 0 spiro atoms. The lowest BCUT2D eigenvalue weighted by Gasteiger charge is -2.26. The Labute approximate surface area is 205 Å². The summed E-state index contributed by atoms with van der Waals surface area (Å²) in [5.41, 5.74) is 0. The van der Waals surface area contributed by atoms with E-state index in [0.717, 1.165) is 0 Å². The van der Waals surface area contributed by atoms with Gasteiger partial charge in [0.2, 0.25) is 17.3 Å². The summed E-state index contributed by atoms with van der Waals surface area (Å²) in [6.07, 6.45) is -43.3. The molecule has 0 rings (SSSR count). The van der Waals surface area contributed by atoms with E-state index >= 15 is 0 Å². The zero-order chi connectivity index (χ0) is 32.3. The van der Waals surface area contributed by atoms with Crippen LogP contribution in [0.2, 0.25) is 0 Å². The molecule has 230 valence electrons. The average Bonchev–Trinajstić information content (AvgIpc) is 2.67. The van der Waals surface area contributed by atoms with Crippen molar-refractivity contribution in [1.29, 1.82) is 0 Å². The minimum Gasteiger partial charge on any atom is -0.418 e. The molecule has 0 bridgehead atoms. The second-order valence-electron chi connectivity index (χ2n) is 6.25. The molecule has 24 heteroatoms. The number of hydrogen-bond acceptors (Lipinski definition) is 6. The van der Waals surface area contributed by atoms with Crippen molar-refractivity contribution in [1.82, 2.24) is 0 Å². The zero-order valence-corrected chi connectivity index (χ0v) is 17.6. The average molecular weight is 634 g/mol. The molecule has 0 aromatic heterocycles. The lowest BCUT2D eigenvalue weighted by atomic mass is 10.3. The Balaban J connectivity index is 7.14. The Kier molecular flexibility index (Phi) is 10.8. The first-order valence-corrected chi connectivity index (χ1v) is 8.57. The van der Waals surface area contributed by atoms with Crippen LogP contribution in [-0.4, -0.2) is 60.9 Å². The van der Waals surface area contributed by atoms with Crippen molar-refractivity contribution in [2.75, 3.05) is 0 Å². The zero-order valence-electron chi connectivity index (χ0n) is 17.6. The lowest BCUT2D eigenvalue weighted by molar-refractivity contribution is -0.297. The van der Waals surface area contributed by atoms with Gasteiger partial charge in [-0.15, -0.1) is 0 Å². The van der Waals surface area contributed by atoms with Crippen molar-refractivity contribution in [2.45, 2.75) is 43.5 Å². The summed E-state index contributed by atoms with van der Waals surface area (Å²) in [5, 5.41) is 0. The molecule has 0 aliphatic heterocycles. The highest BCUT2D eigenvalue weighted by Gasteiger charge is 2.49. The quantitative estimate of drug-likeness (QED) is 0.133. The van der Waals surface area contributed by atoms with Crippen LogP contribution in [0, 0.1) is 0 Å². The number of carbonyl (C=O) groups is 3. The summed E-state index contributed by atoms with van der Waals surface area (Å²) in [7, 11) is 0.